The Bertz CT molecular complexity index is 317. The molecule has 0 bridgehead atoms. The number of hydrogen-bond acceptors (Lipinski definition) is 2. The molecule has 0 spiro atoms. The lowest BCUT2D eigenvalue weighted by Gasteiger charge is -2.42. The molecule has 1 fully saturated rings. The van der Waals surface area contributed by atoms with Crippen molar-refractivity contribution in [2.45, 2.75) is 97.3 Å². The van der Waals surface area contributed by atoms with E-state index in [0.29, 0.717) is 22.2 Å². The molecule has 0 N–H and O–H groups in total. The molecule has 22 heavy (non-hydrogen) atoms. The van der Waals surface area contributed by atoms with Crippen LogP contribution in [0.5, 0.6) is 0 Å². The second kappa shape index (κ2) is 7.81. The van der Waals surface area contributed by atoms with Crippen LogP contribution in [0.4, 0.5) is 0 Å². The van der Waals surface area contributed by atoms with Crippen molar-refractivity contribution in [2.75, 3.05) is 19.7 Å². The van der Waals surface area contributed by atoms with Crippen molar-refractivity contribution in [2.24, 2.45) is 5.92 Å². The van der Waals surface area contributed by atoms with Crippen molar-refractivity contribution in [3.05, 3.63) is 0 Å². The highest BCUT2D eigenvalue weighted by Crippen LogP contribution is 2.50. The van der Waals surface area contributed by atoms with Crippen molar-refractivity contribution in [1.29, 1.82) is 0 Å². The minimum atomic E-state index is -1.67. The van der Waals surface area contributed by atoms with E-state index in [1.165, 1.54) is 25.9 Å². The van der Waals surface area contributed by atoms with Gasteiger partial charge in [-0.05, 0) is 55.4 Å². The van der Waals surface area contributed by atoms with Crippen molar-refractivity contribution < 1.29 is 4.43 Å². The smallest absolute Gasteiger partial charge is 0.200 e. The standard InChI is InChI=1S/C19H41NOSi/c1-10-20(11-2)19(9)14-18(19)12-13-21-22(15(3)4,16(5)6)17(7)8/h15-18H,10-14H2,1-9H3/t18?,19-/m0/s1. The van der Waals surface area contributed by atoms with Gasteiger partial charge in [0.2, 0.25) is 0 Å². The molecule has 0 heterocycles. The zero-order chi connectivity index (χ0) is 17.1. The van der Waals surface area contributed by atoms with Gasteiger partial charge in [-0.15, -0.1) is 0 Å². The second-order valence-corrected chi connectivity index (χ2v) is 13.8. The lowest BCUT2D eigenvalue weighted by molar-refractivity contribution is 0.183. The molecule has 0 aromatic carbocycles. The summed E-state index contributed by atoms with van der Waals surface area (Å²) in [5, 5.41) is 0. The summed E-state index contributed by atoms with van der Waals surface area (Å²) in [7, 11) is -1.67. The zero-order valence-electron chi connectivity index (χ0n) is 16.7. The van der Waals surface area contributed by atoms with Crippen LogP contribution in [-0.4, -0.2) is 38.5 Å². The van der Waals surface area contributed by atoms with E-state index >= 15 is 0 Å². The third-order valence-corrected chi connectivity index (χ3v) is 12.5. The van der Waals surface area contributed by atoms with E-state index in [9.17, 15) is 0 Å². The first kappa shape index (κ1) is 20.2. The molecule has 1 unspecified atom stereocenters. The number of hydrogen-bond donors (Lipinski definition) is 0. The topological polar surface area (TPSA) is 12.5 Å². The molecule has 3 heteroatoms. The van der Waals surface area contributed by atoms with Gasteiger partial charge in [-0.1, -0.05) is 55.4 Å². The number of rotatable bonds is 10. The average Bonchev–Trinajstić information content (AvgIpc) is 3.06. The lowest BCUT2D eigenvalue weighted by Crippen LogP contribution is -2.48. The Hall–Kier alpha value is 0.137. The van der Waals surface area contributed by atoms with Crippen molar-refractivity contribution in [3.63, 3.8) is 0 Å². The van der Waals surface area contributed by atoms with Crippen LogP contribution in [0.1, 0.15) is 75.2 Å². The second-order valence-electron chi connectivity index (χ2n) is 8.39. The molecule has 132 valence electrons. The summed E-state index contributed by atoms with van der Waals surface area (Å²) in [6.45, 7) is 24.6. The van der Waals surface area contributed by atoms with Gasteiger partial charge >= 0.3 is 0 Å². The summed E-state index contributed by atoms with van der Waals surface area (Å²) in [5.74, 6) is 0.839. The van der Waals surface area contributed by atoms with Gasteiger partial charge < -0.3 is 4.43 Å². The Morgan fingerprint density at radius 3 is 1.82 bits per heavy atom. The predicted octanol–water partition coefficient (Wildman–Crippen LogP) is 5.69. The largest absolute Gasteiger partial charge is 0.416 e. The zero-order valence-corrected chi connectivity index (χ0v) is 17.7. The summed E-state index contributed by atoms with van der Waals surface area (Å²) in [4.78, 5) is 2.63. The molecule has 2 atom stereocenters. The van der Waals surface area contributed by atoms with Gasteiger partial charge in [-0.3, -0.25) is 4.90 Å². The fraction of sp³-hybridized carbons (Fsp3) is 1.00. The minimum Gasteiger partial charge on any atom is -0.416 e. The quantitative estimate of drug-likeness (QED) is 0.478. The third kappa shape index (κ3) is 3.79. The van der Waals surface area contributed by atoms with E-state index in [4.69, 9.17) is 4.43 Å². The Kier molecular flexibility index (Phi) is 7.16. The Balaban J connectivity index is 2.59. The fourth-order valence-corrected chi connectivity index (χ4v) is 10.5. The summed E-state index contributed by atoms with van der Waals surface area (Å²) in [6.07, 6.45) is 2.60. The third-order valence-electron chi connectivity index (χ3n) is 6.39. The highest BCUT2D eigenvalue weighted by Gasteiger charge is 2.53. The molecule has 0 aromatic heterocycles. The molecule has 0 aromatic rings. The van der Waals surface area contributed by atoms with Crippen molar-refractivity contribution in [1.82, 2.24) is 4.90 Å². The molecule has 0 amide bonds. The van der Waals surface area contributed by atoms with Gasteiger partial charge in [0.15, 0.2) is 8.32 Å². The van der Waals surface area contributed by atoms with E-state index < -0.39 is 8.32 Å². The van der Waals surface area contributed by atoms with Gasteiger partial charge in [0.05, 0.1) is 0 Å². The maximum Gasteiger partial charge on any atom is 0.200 e. The number of nitrogens with zero attached hydrogens (tertiary/aromatic N) is 1. The van der Waals surface area contributed by atoms with Crippen molar-refractivity contribution >= 4 is 8.32 Å². The van der Waals surface area contributed by atoms with Crippen LogP contribution in [0, 0.1) is 5.92 Å². The average molecular weight is 328 g/mol. The van der Waals surface area contributed by atoms with Crippen LogP contribution >= 0.6 is 0 Å². The van der Waals surface area contributed by atoms with Crippen LogP contribution < -0.4 is 0 Å². The van der Waals surface area contributed by atoms with Crippen LogP contribution in [0.2, 0.25) is 16.6 Å². The maximum atomic E-state index is 6.73. The lowest BCUT2D eigenvalue weighted by atomic mass is 10.1. The maximum absolute atomic E-state index is 6.73. The van der Waals surface area contributed by atoms with Gasteiger partial charge in [0.1, 0.15) is 0 Å². The van der Waals surface area contributed by atoms with Crippen molar-refractivity contribution in [3.8, 4) is 0 Å². The van der Waals surface area contributed by atoms with Crippen LogP contribution in [0.3, 0.4) is 0 Å². The first-order chi connectivity index (χ1) is 10.2. The van der Waals surface area contributed by atoms with Gasteiger partial charge in [-0.2, -0.15) is 0 Å². The van der Waals surface area contributed by atoms with Gasteiger partial charge in [0, 0.05) is 12.1 Å². The first-order valence-electron chi connectivity index (χ1n) is 9.55. The predicted molar refractivity (Wildman–Crippen MR) is 101 cm³/mol. The molecule has 0 radical (unpaired) electrons. The van der Waals surface area contributed by atoms with E-state index in [1.807, 2.05) is 0 Å². The molecular weight excluding hydrogens is 286 g/mol. The molecular formula is C19H41NOSi. The normalized spacial score (nSPS) is 25.8. The fourth-order valence-electron chi connectivity index (χ4n) is 5.06. The van der Waals surface area contributed by atoms with Crippen LogP contribution in [0.25, 0.3) is 0 Å². The van der Waals surface area contributed by atoms with E-state index in [1.54, 1.807) is 0 Å². The molecule has 1 rings (SSSR count). The summed E-state index contributed by atoms with van der Waals surface area (Å²) in [6, 6.07) is 0. The SMILES string of the molecule is CCN(CC)[C@@]1(C)CC1CCO[Si](C(C)C)(C(C)C)C(C)C. The Labute approximate surface area is 141 Å². The monoisotopic (exact) mass is 327 g/mol. The van der Waals surface area contributed by atoms with E-state index in [2.05, 4.69) is 67.2 Å². The van der Waals surface area contributed by atoms with Crippen LogP contribution in [-0.2, 0) is 4.43 Å². The highest BCUT2D eigenvalue weighted by molar-refractivity contribution is 6.77. The summed E-state index contributed by atoms with van der Waals surface area (Å²) >= 11 is 0. The van der Waals surface area contributed by atoms with E-state index in [-0.39, 0.29) is 0 Å². The molecule has 2 nitrogen and oxygen atoms in total. The first-order valence-corrected chi connectivity index (χ1v) is 11.7. The molecule has 1 aliphatic rings. The Morgan fingerprint density at radius 2 is 1.45 bits per heavy atom. The summed E-state index contributed by atoms with van der Waals surface area (Å²) < 4.78 is 6.73. The minimum absolute atomic E-state index is 0.449. The van der Waals surface area contributed by atoms with Gasteiger partial charge in [0.25, 0.3) is 0 Å². The van der Waals surface area contributed by atoms with Gasteiger partial charge in [-0.25, -0.2) is 0 Å². The summed E-state index contributed by atoms with van der Waals surface area (Å²) in [5.41, 5.74) is 2.53. The molecule has 1 aliphatic carbocycles. The van der Waals surface area contributed by atoms with E-state index in [0.717, 1.165) is 12.5 Å². The Morgan fingerprint density at radius 1 is 1.00 bits per heavy atom. The molecule has 0 aliphatic heterocycles. The molecule has 1 saturated carbocycles. The van der Waals surface area contributed by atoms with Crippen LogP contribution in [0.15, 0.2) is 0 Å². The molecule has 0 saturated heterocycles. The highest BCUT2D eigenvalue weighted by atomic mass is 28.4.